The zero-order chi connectivity index (χ0) is 20.4. The number of benzene rings is 4. The van der Waals surface area contributed by atoms with Crippen LogP contribution < -0.4 is 20.1 Å². The Kier molecular flexibility index (Phi) is 6.48. The second-order valence-corrected chi connectivity index (χ2v) is 6.67. The van der Waals surface area contributed by atoms with Gasteiger partial charge in [0.25, 0.3) is 0 Å². The molecule has 30 heavy (non-hydrogen) atoms. The predicted octanol–water partition coefficient (Wildman–Crippen LogP) is 6.63. The molecule has 150 valence electrons. The molecule has 0 radical (unpaired) electrons. The number of nitrogens with one attached hydrogen (secondary N) is 2. The maximum Gasteiger partial charge on any atom is 0.142 e. The molecule has 0 aliphatic rings. The maximum atomic E-state index is 5.98. The number of ether oxygens (including phenoxy) is 2. The molecule has 0 aliphatic carbocycles. The summed E-state index contributed by atoms with van der Waals surface area (Å²) in [7, 11) is 0. The quantitative estimate of drug-likeness (QED) is 0.312. The van der Waals surface area contributed by atoms with Crippen LogP contribution in [0.2, 0.25) is 0 Å². The van der Waals surface area contributed by atoms with Crippen molar-refractivity contribution < 1.29 is 9.47 Å². The summed E-state index contributed by atoms with van der Waals surface area (Å²) in [5, 5.41) is 6.78. The second kappa shape index (κ2) is 10.0. The Balaban J connectivity index is 1.34. The fourth-order valence-corrected chi connectivity index (χ4v) is 3.05. The Hall–Kier alpha value is -3.92. The van der Waals surface area contributed by atoms with Crippen molar-refractivity contribution in [2.75, 3.05) is 23.8 Å². The number of rotatable bonds is 9. The number of hydrogen-bond acceptors (Lipinski definition) is 4. The van der Waals surface area contributed by atoms with Gasteiger partial charge in [0, 0.05) is 11.4 Å². The first kappa shape index (κ1) is 19.4. The Bertz CT molecular complexity index is 966. The van der Waals surface area contributed by atoms with Gasteiger partial charge in [0.2, 0.25) is 0 Å². The van der Waals surface area contributed by atoms with E-state index < -0.39 is 0 Å². The van der Waals surface area contributed by atoms with Crippen molar-refractivity contribution in [1.29, 1.82) is 0 Å². The van der Waals surface area contributed by atoms with Crippen LogP contribution in [0, 0.1) is 0 Å². The average molecular weight is 396 g/mol. The lowest BCUT2D eigenvalue weighted by atomic mass is 10.2. The molecule has 4 aromatic carbocycles. The topological polar surface area (TPSA) is 42.5 Å². The van der Waals surface area contributed by atoms with Crippen LogP contribution >= 0.6 is 0 Å². The molecule has 0 saturated heterocycles. The zero-order valence-electron chi connectivity index (χ0n) is 16.6. The van der Waals surface area contributed by atoms with Gasteiger partial charge in [0.1, 0.15) is 24.7 Å². The van der Waals surface area contributed by atoms with E-state index >= 15 is 0 Å². The van der Waals surface area contributed by atoms with Gasteiger partial charge in [0.15, 0.2) is 0 Å². The second-order valence-electron chi connectivity index (χ2n) is 6.67. The minimum Gasteiger partial charge on any atom is -0.488 e. The van der Waals surface area contributed by atoms with Crippen molar-refractivity contribution in [3.8, 4) is 11.5 Å². The van der Waals surface area contributed by atoms with E-state index in [4.69, 9.17) is 9.47 Å². The highest BCUT2D eigenvalue weighted by atomic mass is 16.5. The van der Waals surface area contributed by atoms with Crippen molar-refractivity contribution >= 4 is 22.7 Å². The van der Waals surface area contributed by atoms with Crippen LogP contribution in [0.4, 0.5) is 22.7 Å². The number of anilines is 4. The minimum absolute atomic E-state index is 0.438. The molecule has 0 spiro atoms. The fourth-order valence-electron chi connectivity index (χ4n) is 3.05. The van der Waals surface area contributed by atoms with Crippen LogP contribution in [0.5, 0.6) is 11.5 Å². The molecule has 0 bridgehead atoms. The molecule has 0 fully saturated rings. The van der Waals surface area contributed by atoms with E-state index in [0.29, 0.717) is 13.2 Å². The third-order valence-electron chi connectivity index (χ3n) is 4.48. The number of hydrogen-bond donors (Lipinski definition) is 2. The Morgan fingerprint density at radius 1 is 0.433 bits per heavy atom. The fraction of sp³-hybridized carbons (Fsp3) is 0.0769. The van der Waals surface area contributed by atoms with Gasteiger partial charge >= 0.3 is 0 Å². The highest BCUT2D eigenvalue weighted by molar-refractivity contribution is 5.67. The Morgan fingerprint density at radius 2 is 0.800 bits per heavy atom. The van der Waals surface area contributed by atoms with Crippen LogP contribution in [-0.2, 0) is 0 Å². The lowest BCUT2D eigenvalue weighted by Gasteiger charge is -2.15. The first-order valence-electron chi connectivity index (χ1n) is 9.96. The zero-order valence-corrected chi connectivity index (χ0v) is 16.6. The molecule has 4 aromatic rings. The molecule has 0 unspecified atom stereocenters. The molecule has 0 atom stereocenters. The Labute approximate surface area is 177 Å². The van der Waals surface area contributed by atoms with Gasteiger partial charge in [0.05, 0.1) is 11.4 Å². The summed E-state index contributed by atoms with van der Waals surface area (Å²) in [6.07, 6.45) is 0. The summed E-state index contributed by atoms with van der Waals surface area (Å²) in [4.78, 5) is 0. The molecule has 4 heteroatoms. The SMILES string of the molecule is c1ccc(Nc2ccccc2OCCOc2ccccc2Nc2ccccc2)cc1. The molecule has 0 aliphatic heterocycles. The summed E-state index contributed by atoms with van der Waals surface area (Å²) in [6, 6.07) is 35.9. The van der Waals surface area contributed by atoms with Crippen LogP contribution in [0.1, 0.15) is 0 Å². The maximum absolute atomic E-state index is 5.98. The van der Waals surface area contributed by atoms with Gasteiger partial charge in [-0.1, -0.05) is 60.7 Å². The van der Waals surface area contributed by atoms with E-state index in [0.717, 1.165) is 34.2 Å². The minimum atomic E-state index is 0.438. The van der Waals surface area contributed by atoms with E-state index in [9.17, 15) is 0 Å². The van der Waals surface area contributed by atoms with Gasteiger partial charge in [-0.3, -0.25) is 0 Å². The molecule has 4 rings (SSSR count). The standard InChI is InChI=1S/C26H24N2O2/c1-3-11-21(12-4-1)27-23-15-7-9-17-25(23)29-19-20-30-26-18-10-8-16-24(26)28-22-13-5-2-6-14-22/h1-18,27-28H,19-20H2. The van der Waals surface area contributed by atoms with Gasteiger partial charge in [-0.2, -0.15) is 0 Å². The van der Waals surface area contributed by atoms with Crippen molar-refractivity contribution in [2.45, 2.75) is 0 Å². The molecule has 0 aromatic heterocycles. The van der Waals surface area contributed by atoms with Crippen LogP contribution in [0.3, 0.4) is 0 Å². The molecule has 0 saturated carbocycles. The summed E-state index contributed by atoms with van der Waals surface area (Å²) >= 11 is 0. The largest absolute Gasteiger partial charge is 0.488 e. The first-order chi connectivity index (χ1) is 14.9. The average Bonchev–Trinajstić information content (AvgIpc) is 2.80. The lowest BCUT2D eigenvalue weighted by molar-refractivity contribution is 0.218. The van der Waals surface area contributed by atoms with Crippen LogP contribution in [-0.4, -0.2) is 13.2 Å². The highest BCUT2D eigenvalue weighted by Crippen LogP contribution is 2.29. The molecule has 0 amide bonds. The van der Waals surface area contributed by atoms with E-state index in [-0.39, 0.29) is 0 Å². The summed E-state index contributed by atoms with van der Waals surface area (Å²) in [5.41, 5.74) is 3.89. The van der Waals surface area contributed by atoms with Gasteiger partial charge < -0.3 is 20.1 Å². The van der Waals surface area contributed by atoms with E-state index in [2.05, 4.69) is 10.6 Å². The predicted molar refractivity (Wildman–Crippen MR) is 123 cm³/mol. The van der Waals surface area contributed by atoms with Gasteiger partial charge in [-0.25, -0.2) is 0 Å². The number of para-hydroxylation sites is 6. The van der Waals surface area contributed by atoms with Crippen molar-refractivity contribution in [3.05, 3.63) is 109 Å². The lowest BCUT2D eigenvalue weighted by Crippen LogP contribution is -2.10. The normalized spacial score (nSPS) is 10.3. The van der Waals surface area contributed by atoms with E-state index in [1.54, 1.807) is 0 Å². The molecular formula is C26H24N2O2. The van der Waals surface area contributed by atoms with Crippen LogP contribution in [0.15, 0.2) is 109 Å². The van der Waals surface area contributed by atoms with E-state index in [1.165, 1.54) is 0 Å². The monoisotopic (exact) mass is 396 g/mol. The van der Waals surface area contributed by atoms with E-state index in [1.807, 2.05) is 109 Å². The summed E-state index contributed by atoms with van der Waals surface area (Å²) in [6.45, 7) is 0.875. The molecular weight excluding hydrogens is 372 g/mol. The molecule has 4 nitrogen and oxygen atoms in total. The summed E-state index contributed by atoms with van der Waals surface area (Å²) < 4.78 is 12.0. The Morgan fingerprint density at radius 3 is 1.23 bits per heavy atom. The first-order valence-corrected chi connectivity index (χ1v) is 9.96. The third kappa shape index (κ3) is 5.32. The van der Waals surface area contributed by atoms with Crippen molar-refractivity contribution in [2.24, 2.45) is 0 Å². The summed E-state index contributed by atoms with van der Waals surface area (Å²) in [5.74, 6) is 1.58. The molecule has 2 N–H and O–H groups in total. The van der Waals surface area contributed by atoms with Gasteiger partial charge in [-0.15, -0.1) is 0 Å². The van der Waals surface area contributed by atoms with Crippen LogP contribution in [0.25, 0.3) is 0 Å². The third-order valence-corrected chi connectivity index (χ3v) is 4.48. The molecule has 0 heterocycles. The van der Waals surface area contributed by atoms with Crippen molar-refractivity contribution in [3.63, 3.8) is 0 Å². The smallest absolute Gasteiger partial charge is 0.142 e. The van der Waals surface area contributed by atoms with Gasteiger partial charge in [-0.05, 0) is 48.5 Å². The highest BCUT2D eigenvalue weighted by Gasteiger charge is 2.06. The van der Waals surface area contributed by atoms with Crippen molar-refractivity contribution in [1.82, 2.24) is 0 Å².